The molecule has 0 aromatic heterocycles. The van der Waals surface area contributed by atoms with E-state index in [1.807, 2.05) is 97.9 Å². The molecule has 0 bridgehead atoms. The predicted molar refractivity (Wildman–Crippen MR) is 147 cm³/mol. The van der Waals surface area contributed by atoms with Crippen LogP contribution >= 0.6 is 15.9 Å². The summed E-state index contributed by atoms with van der Waals surface area (Å²) in [7, 11) is 0. The molecule has 4 aromatic rings. The Morgan fingerprint density at radius 2 is 1.53 bits per heavy atom. The highest BCUT2D eigenvalue weighted by Crippen LogP contribution is 2.25. The number of hydrogen-bond donors (Lipinski definition) is 2. The SMILES string of the molecule is Cc1cccc(NC(=O)N(CCNC(=O)c2ccc(Br)cc2)c2ccc(Oc3ccccc3)cc2)c1. The van der Waals surface area contributed by atoms with E-state index in [9.17, 15) is 9.59 Å². The van der Waals surface area contributed by atoms with Crippen LogP contribution in [0.25, 0.3) is 0 Å². The molecule has 0 spiro atoms. The molecule has 0 unspecified atom stereocenters. The van der Waals surface area contributed by atoms with Crippen molar-refractivity contribution in [1.29, 1.82) is 0 Å². The average Bonchev–Trinajstić information content (AvgIpc) is 2.88. The first-order chi connectivity index (χ1) is 17.5. The van der Waals surface area contributed by atoms with E-state index < -0.39 is 0 Å². The van der Waals surface area contributed by atoms with Gasteiger partial charge in [0, 0.05) is 34.5 Å². The molecule has 0 aliphatic carbocycles. The van der Waals surface area contributed by atoms with Crippen LogP contribution in [0.2, 0.25) is 0 Å². The van der Waals surface area contributed by atoms with Crippen LogP contribution in [0.15, 0.2) is 108 Å². The van der Waals surface area contributed by atoms with Crippen molar-refractivity contribution in [2.75, 3.05) is 23.3 Å². The zero-order chi connectivity index (χ0) is 25.3. The van der Waals surface area contributed by atoms with Crippen LogP contribution < -0.4 is 20.3 Å². The van der Waals surface area contributed by atoms with Crippen molar-refractivity contribution in [2.45, 2.75) is 6.92 Å². The largest absolute Gasteiger partial charge is 0.457 e. The van der Waals surface area contributed by atoms with E-state index in [4.69, 9.17) is 4.74 Å². The molecular formula is C29H26BrN3O3. The van der Waals surface area contributed by atoms with E-state index in [1.54, 1.807) is 17.0 Å². The fourth-order valence-corrected chi connectivity index (χ4v) is 3.83. The number of carbonyl (C=O) groups excluding carboxylic acids is 2. The highest BCUT2D eigenvalue weighted by Gasteiger charge is 2.17. The van der Waals surface area contributed by atoms with Crippen LogP contribution in [-0.4, -0.2) is 25.0 Å². The maximum atomic E-state index is 13.2. The van der Waals surface area contributed by atoms with E-state index in [0.717, 1.165) is 15.8 Å². The van der Waals surface area contributed by atoms with E-state index in [0.29, 0.717) is 22.7 Å². The Kier molecular flexibility index (Phi) is 8.36. The normalized spacial score (nSPS) is 10.4. The molecule has 6 nitrogen and oxygen atoms in total. The van der Waals surface area contributed by atoms with Gasteiger partial charge < -0.3 is 15.4 Å². The van der Waals surface area contributed by atoms with E-state index >= 15 is 0 Å². The summed E-state index contributed by atoms with van der Waals surface area (Å²) < 4.78 is 6.77. The molecule has 0 atom stereocenters. The number of para-hydroxylation sites is 1. The third kappa shape index (κ3) is 6.96. The summed E-state index contributed by atoms with van der Waals surface area (Å²) in [6, 6.07) is 31.2. The zero-order valence-corrected chi connectivity index (χ0v) is 21.4. The van der Waals surface area contributed by atoms with Crippen molar-refractivity contribution < 1.29 is 14.3 Å². The molecular weight excluding hydrogens is 518 g/mol. The number of ether oxygens (including phenoxy) is 1. The number of anilines is 2. The summed E-state index contributed by atoms with van der Waals surface area (Å²) in [6.07, 6.45) is 0. The second kappa shape index (κ2) is 12.0. The number of aryl methyl sites for hydroxylation is 1. The first-order valence-corrected chi connectivity index (χ1v) is 12.3. The Morgan fingerprint density at radius 1 is 0.833 bits per heavy atom. The second-order valence-corrected chi connectivity index (χ2v) is 9.04. The van der Waals surface area contributed by atoms with E-state index in [-0.39, 0.29) is 25.0 Å². The van der Waals surface area contributed by atoms with E-state index in [2.05, 4.69) is 26.6 Å². The van der Waals surface area contributed by atoms with Gasteiger partial charge in [0.1, 0.15) is 11.5 Å². The lowest BCUT2D eigenvalue weighted by atomic mass is 10.2. The number of amides is 3. The van der Waals surface area contributed by atoms with Crippen molar-refractivity contribution in [3.8, 4) is 11.5 Å². The van der Waals surface area contributed by atoms with Crippen molar-refractivity contribution in [2.24, 2.45) is 0 Å². The molecule has 7 heteroatoms. The van der Waals surface area contributed by atoms with Gasteiger partial charge in [-0.25, -0.2) is 4.79 Å². The van der Waals surface area contributed by atoms with E-state index in [1.165, 1.54) is 0 Å². The molecule has 4 rings (SSSR count). The zero-order valence-electron chi connectivity index (χ0n) is 19.8. The number of benzene rings is 4. The molecule has 36 heavy (non-hydrogen) atoms. The summed E-state index contributed by atoms with van der Waals surface area (Å²) in [6.45, 7) is 2.52. The van der Waals surface area contributed by atoms with Gasteiger partial charge in [0.25, 0.3) is 5.91 Å². The van der Waals surface area contributed by atoms with Gasteiger partial charge in [-0.3, -0.25) is 9.69 Å². The standard InChI is InChI=1S/C29H26BrN3O3/c1-21-6-5-7-24(20-21)32-29(35)33(19-18-31-28(34)22-10-12-23(30)13-11-22)25-14-16-27(17-15-25)36-26-8-3-2-4-9-26/h2-17,20H,18-19H2,1H3,(H,31,34)(H,32,35). The summed E-state index contributed by atoms with van der Waals surface area (Å²) >= 11 is 3.37. The van der Waals surface area contributed by atoms with Crippen LogP contribution in [0.1, 0.15) is 15.9 Å². The minimum Gasteiger partial charge on any atom is -0.457 e. The quantitative estimate of drug-likeness (QED) is 0.251. The molecule has 0 aliphatic heterocycles. The highest BCUT2D eigenvalue weighted by atomic mass is 79.9. The maximum Gasteiger partial charge on any atom is 0.326 e. The number of hydrogen-bond acceptors (Lipinski definition) is 3. The van der Waals surface area contributed by atoms with Gasteiger partial charge in [0.05, 0.1) is 0 Å². The summed E-state index contributed by atoms with van der Waals surface area (Å²) in [5.74, 6) is 1.19. The fourth-order valence-electron chi connectivity index (χ4n) is 3.56. The van der Waals surface area contributed by atoms with Crippen molar-refractivity contribution >= 4 is 39.2 Å². The van der Waals surface area contributed by atoms with Crippen LogP contribution in [0.3, 0.4) is 0 Å². The fraction of sp³-hybridized carbons (Fsp3) is 0.103. The first kappa shape index (κ1) is 25.0. The molecule has 0 saturated carbocycles. The molecule has 0 aliphatic rings. The molecule has 0 fully saturated rings. The van der Waals surface area contributed by atoms with Crippen LogP contribution in [0, 0.1) is 6.92 Å². The smallest absolute Gasteiger partial charge is 0.326 e. The van der Waals surface area contributed by atoms with Gasteiger partial charge in [0.15, 0.2) is 0 Å². The highest BCUT2D eigenvalue weighted by molar-refractivity contribution is 9.10. The van der Waals surface area contributed by atoms with Crippen LogP contribution in [0.5, 0.6) is 11.5 Å². The molecule has 4 aromatic carbocycles. The average molecular weight is 544 g/mol. The topological polar surface area (TPSA) is 70.7 Å². The third-order valence-corrected chi connectivity index (χ3v) is 5.90. The number of nitrogens with one attached hydrogen (secondary N) is 2. The minimum atomic E-state index is -0.296. The molecule has 2 N–H and O–H groups in total. The van der Waals surface area contributed by atoms with Gasteiger partial charge in [-0.15, -0.1) is 0 Å². The van der Waals surface area contributed by atoms with Gasteiger partial charge in [-0.2, -0.15) is 0 Å². The van der Waals surface area contributed by atoms with Gasteiger partial charge in [-0.05, 0) is 85.3 Å². The maximum absolute atomic E-state index is 13.2. The number of halogens is 1. The Bertz CT molecular complexity index is 1310. The van der Waals surface area contributed by atoms with Gasteiger partial charge >= 0.3 is 6.03 Å². The van der Waals surface area contributed by atoms with Crippen molar-refractivity contribution in [3.05, 3.63) is 119 Å². The van der Waals surface area contributed by atoms with Gasteiger partial charge in [-0.1, -0.05) is 46.3 Å². The Balaban J connectivity index is 1.47. The monoisotopic (exact) mass is 543 g/mol. The summed E-state index contributed by atoms with van der Waals surface area (Å²) in [5.41, 5.74) is 2.98. The first-order valence-electron chi connectivity index (χ1n) is 11.5. The number of nitrogens with zero attached hydrogens (tertiary/aromatic N) is 1. The molecule has 182 valence electrons. The Morgan fingerprint density at radius 3 is 2.22 bits per heavy atom. The van der Waals surface area contributed by atoms with Gasteiger partial charge in [0.2, 0.25) is 0 Å². The van der Waals surface area contributed by atoms with Crippen LogP contribution in [-0.2, 0) is 0 Å². The second-order valence-electron chi connectivity index (χ2n) is 8.12. The molecule has 0 heterocycles. The Hall–Kier alpha value is -4.10. The van der Waals surface area contributed by atoms with Crippen molar-refractivity contribution in [1.82, 2.24) is 5.32 Å². The Labute approximate surface area is 219 Å². The molecule has 0 radical (unpaired) electrons. The number of urea groups is 1. The summed E-state index contributed by atoms with van der Waals surface area (Å²) in [4.78, 5) is 27.4. The van der Waals surface area contributed by atoms with Crippen LogP contribution in [0.4, 0.5) is 16.2 Å². The third-order valence-electron chi connectivity index (χ3n) is 5.37. The summed E-state index contributed by atoms with van der Waals surface area (Å²) in [5, 5.41) is 5.84. The molecule has 0 saturated heterocycles. The minimum absolute atomic E-state index is 0.201. The lowest BCUT2D eigenvalue weighted by Gasteiger charge is -2.24. The lowest BCUT2D eigenvalue weighted by molar-refractivity contribution is 0.0954. The lowest BCUT2D eigenvalue weighted by Crippen LogP contribution is -2.41. The van der Waals surface area contributed by atoms with Crippen molar-refractivity contribution in [3.63, 3.8) is 0 Å². The molecule has 3 amide bonds. The number of rotatable bonds is 8. The number of carbonyl (C=O) groups is 2. The predicted octanol–water partition coefficient (Wildman–Crippen LogP) is 7.02.